The van der Waals surface area contributed by atoms with Gasteiger partial charge in [0.25, 0.3) is 11.8 Å². The van der Waals surface area contributed by atoms with Crippen LogP contribution in [0.5, 0.6) is 0 Å². The van der Waals surface area contributed by atoms with Crippen LogP contribution in [0.15, 0.2) is 96.5 Å². The third-order valence-electron chi connectivity index (χ3n) is 6.88. The molecule has 0 unspecified atom stereocenters. The summed E-state index contributed by atoms with van der Waals surface area (Å²) < 4.78 is 20.2. The molecule has 6 nitrogen and oxygen atoms in total. The number of halogens is 1. The van der Waals surface area contributed by atoms with Gasteiger partial charge in [-0.3, -0.25) is 9.59 Å². The number of H-pyrrole nitrogens is 1. The SMILES string of the molecule is C=C/C=C(\C=C)c1cc2c([nH]1)c(-c1cccc(C(=O)NC(C)(C)C)c1)cc1c(C(=O)NC)c(-c3ccc(F)cc3)oc12. The molecule has 0 saturated carbocycles. The highest BCUT2D eigenvalue weighted by Crippen LogP contribution is 2.42. The Bertz CT molecular complexity index is 1900. The number of carbonyl (C=O) groups is 2. The molecule has 0 atom stereocenters. The van der Waals surface area contributed by atoms with E-state index in [9.17, 15) is 14.0 Å². The third kappa shape index (κ3) is 5.29. The Kier molecular flexibility index (Phi) is 7.44. The Balaban J connectivity index is 1.85. The smallest absolute Gasteiger partial charge is 0.255 e. The van der Waals surface area contributed by atoms with E-state index in [-0.39, 0.29) is 11.8 Å². The van der Waals surface area contributed by atoms with Crippen molar-refractivity contribution in [3.05, 3.63) is 115 Å². The molecule has 3 aromatic carbocycles. The third-order valence-corrected chi connectivity index (χ3v) is 6.88. The van der Waals surface area contributed by atoms with Crippen molar-refractivity contribution in [2.45, 2.75) is 26.3 Å². The number of furan rings is 1. The molecule has 0 fully saturated rings. The van der Waals surface area contributed by atoms with Gasteiger partial charge in [-0.1, -0.05) is 43.5 Å². The Labute approximate surface area is 243 Å². The maximum absolute atomic E-state index is 13.8. The van der Waals surface area contributed by atoms with Gasteiger partial charge in [0.15, 0.2) is 0 Å². The van der Waals surface area contributed by atoms with Gasteiger partial charge in [-0.15, -0.1) is 0 Å². The van der Waals surface area contributed by atoms with Crippen molar-refractivity contribution >= 4 is 39.3 Å². The largest absolute Gasteiger partial charge is 0.454 e. The van der Waals surface area contributed by atoms with Gasteiger partial charge in [-0.2, -0.15) is 0 Å². The lowest BCUT2D eigenvalue weighted by Gasteiger charge is -2.20. The van der Waals surface area contributed by atoms with Crippen LogP contribution in [-0.2, 0) is 0 Å². The van der Waals surface area contributed by atoms with Gasteiger partial charge in [-0.05, 0) is 80.4 Å². The second-order valence-electron chi connectivity index (χ2n) is 11.0. The minimum Gasteiger partial charge on any atom is -0.454 e. The molecule has 5 aromatic rings. The molecule has 0 aliphatic rings. The number of allylic oxidation sites excluding steroid dienone is 4. The first-order chi connectivity index (χ1) is 20.0. The highest BCUT2D eigenvalue weighted by molar-refractivity contribution is 6.20. The number of amides is 2. The van der Waals surface area contributed by atoms with Gasteiger partial charge in [0.2, 0.25) is 0 Å². The van der Waals surface area contributed by atoms with Crippen LogP contribution < -0.4 is 10.6 Å². The Morgan fingerprint density at radius 1 is 0.952 bits per heavy atom. The molecular formula is C35H32FN3O3. The maximum atomic E-state index is 13.8. The normalized spacial score (nSPS) is 12.0. The first-order valence-corrected chi connectivity index (χ1v) is 13.5. The summed E-state index contributed by atoms with van der Waals surface area (Å²) >= 11 is 0. The zero-order valence-electron chi connectivity index (χ0n) is 24.0. The number of aromatic amines is 1. The van der Waals surface area contributed by atoms with E-state index in [2.05, 4.69) is 28.8 Å². The van der Waals surface area contributed by atoms with E-state index in [1.54, 1.807) is 37.4 Å². The van der Waals surface area contributed by atoms with Gasteiger partial charge in [0, 0.05) is 45.7 Å². The lowest BCUT2D eigenvalue weighted by molar-refractivity contribution is 0.0918. The van der Waals surface area contributed by atoms with Gasteiger partial charge >= 0.3 is 0 Å². The van der Waals surface area contributed by atoms with Crippen molar-refractivity contribution in [1.82, 2.24) is 15.6 Å². The fourth-order valence-corrected chi connectivity index (χ4v) is 5.02. The molecule has 2 heterocycles. The van der Waals surface area contributed by atoms with Crippen molar-refractivity contribution in [3.63, 3.8) is 0 Å². The van der Waals surface area contributed by atoms with E-state index in [0.29, 0.717) is 33.4 Å². The number of nitrogens with one attached hydrogen (secondary N) is 3. The van der Waals surface area contributed by atoms with E-state index in [4.69, 9.17) is 4.42 Å². The van der Waals surface area contributed by atoms with Crippen molar-refractivity contribution < 1.29 is 18.4 Å². The Morgan fingerprint density at radius 2 is 1.69 bits per heavy atom. The number of aromatic nitrogens is 1. The van der Waals surface area contributed by atoms with E-state index < -0.39 is 11.4 Å². The average molecular weight is 562 g/mol. The van der Waals surface area contributed by atoms with Crippen molar-refractivity contribution in [2.24, 2.45) is 0 Å². The highest BCUT2D eigenvalue weighted by Gasteiger charge is 2.26. The maximum Gasteiger partial charge on any atom is 0.255 e. The first kappa shape index (κ1) is 28.4. The van der Waals surface area contributed by atoms with Gasteiger partial charge < -0.3 is 20.0 Å². The second kappa shape index (κ2) is 11.0. The number of benzene rings is 3. The summed E-state index contributed by atoms with van der Waals surface area (Å²) in [5.74, 6) is -0.595. The summed E-state index contributed by atoms with van der Waals surface area (Å²) in [5, 5.41) is 7.04. The predicted octanol–water partition coefficient (Wildman–Crippen LogP) is 8.03. The number of carbonyl (C=O) groups excluding carboxylic acids is 2. The highest BCUT2D eigenvalue weighted by atomic mass is 19.1. The molecule has 0 saturated heterocycles. The molecule has 2 aromatic heterocycles. The lowest BCUT2D eigenvalue weighted by Crippen LogP contribution is -2.40. The number of fused-ring (bicyclic) bond motifs is 3. The van der Waals surface area contributed by atoms with Crippen molar-refractivity contribution in [2.75, 3.05) is 7.05 Å². The molecule has 0 aliphatic heterocycles. The fourth-order valence-electron chi connectivity index (χ4n) is 5.02. The van der Waals surface area contributed by atoms with Crippen LogP contribution in [0.1, 0.15) is 47.2 Å². The van der Waals surface area contributed by atoms with Crippen LogP contribution in [0.2, 0.25) is 0 Å². The van der Waals surface area contributed by atoms with Gasteiger partial charge in [-0.25, -0.2) is 4.39 Å². The second-order valence-corrected chi connectivity index (χ2v) is 11.0. The predicted molar refractivity (Wildman–Crippen MR) is 168 cm³/mol. The minimum atomic E-state index is -0.401. The van der Waals surface area contributed by atoms with E-state index in [1.165, 1.54) is 12.1 Å². The number of hydrogen-bond donors (Lipinski definition) is 3. The number of rotatable bonds is 7. The topological polar surface area (TPSA) is 87.1 Å². The van der Waals surface area contributed by atoms with Crippen LogP contribution in [0.25, 0.3) is 49.9 Å². The molecule has 2 amide bonds. The molecule has 212 valence electrons. The Morgan fingerprint density at radius 3 is 2.33 bits per heavy atom. The quantitative estimate of drug-likeness (QED) is 0.176. The molecule has 0 radical (unpaired) electrons. The molecular weight excluding hydrogens is 529 g/mol. The molecule has 0 bridgehead atoms. The zero-order valence-corrected chi connectivity index (χ0v) is 24.0. The summed E-state index contributed by atoms with van der Waals surface area (Å²) in [5.41, 5.74) is 5.39. The molecule has 0 spiro atoms. The van der Waals surface area contributed by atoms with E-state index in [0.717, 1.165) is 33.3 Å². The summed E-state index contributed by atoms with van der Waals surface area (Å²) in [7, 11) is 1.55. The van der Waals surface area contributed by atoms with Crippen molar-refractivity contribution in [3.8, 4) is 22.5 Å². The van der Waals surface area contributed by atoms with Crippen LogP contribution in [0.3, 0.4) is 0 Å². The van der Waals surface area contributed by atoms with Crippen LogP contribution in [0.4, 0.5) is 4.39 Å². The number of hydrogen-bond acceptors (Lipinski definition) is 3. The fraction of sp³-hybridized carbons (Fsp3) is 0.143. The lowest BCUT2D eigenvalue weighted by atomic mass is 9.96. The standard InChI is InChI=1S/C35H32FN3O3/c1-7-10-20(8-2)28-19-27-30(38-28)25(22-11-9-12-23(17-22)33(40)39-35(3,4)5)18-26-29(34(41)37-6)31(42-32(26)27)21-13-15-24(36)16-14-21/h7-19,38H,1-2H2,3-6H3,(H,37,41)(H,39,40)/b20-10+. The van der Waals surface area contributed by atoms with Crippen LogP contribution >= 0.6 is 0 Å². The summed E-state index contributed by atoms with van der Waals surface area (Å²) in [6.45, 7) is 13.5. The minimum absolute atomic E-state index is 0.190. The molecule has 7 heteroatoms. The molecule has 0 aliphatic carbocycles. The van der Waals surface area contributed by atoms with Gasteiger partial charge in [0.1, 0.15) is 17.2 Å². The Hall–Kier alpha value is -5.17. The molecule has 5 rings (SSSR count). The summed E-state index contributed by atoms with van der Waals surface area (Å²) in [4.78, 5) is 29.9. The van der Waals surface area contributed by atoms with E-state index >= 15 is 0 Å². The first-order valence-electron chi connectivity index (χ1n) is 13.5. The van der Waals surface area contributed by atoms with Crippen LogP contribution in [-0.4, -0.2) is 29.4 Å². The van der Waals surface area contributed by atoms with Gasteiger partial charge in [0.05, 0.1) is 11.1 Å². The van der Waals surface area contributed by atoms with Crippen molar-refractivity contribution in [1.29, 1.82) is 0 Å². The van der Waals surface area contributed by atoms with E-state index in [1.807, 2.05) is 57.2 Å². The molecule has 42 heavy (non-hydrogen) atoms. The summed E-state index contributed by atoms with van der Waals surface area (Å²) in [6, 6.07) is 17.0. The monoisotopic (exact) mass is 561 g/mol. The average Bonchev–Trinajstić information content (AvgIpc) is 3.57. The molecule has 3 N–H and O–H groups in total. The summed E-state index contributed by atoms with van der Waals surface area (Å²) in [6.07, 6.45) is 5.25. The van der Waals surface area contributed by atoms with Crippen LogP contribution in [0, 0.1) is 5.82 Å². The zero-order chi connectivity index (χ0) is 30.2.